The van der Waals surface area contributed by atoms with Crippen molar-refractivity contribution in [1.29, 1.82) is 0 Å². The first-order valence-corrected chi connectivity index (χ1v) is 12.7. The zero-order valence-electron chi connectivity index (χ0n) is 20.9. The predicted molar refractivity (Wildman–Crippen MR) is 157 cm³/mol. The minimum absolute atomic E-state index is 0.0519. The van der Waals surface area contributed by atoms with Crippen molar-refractivity contribution in [3.63, 3.8) is 0 Å². The molecule has 6 heteroatoms. The monoisotopic (exact) mass is 503 g/mol. The Morgan fingerprint density at radius 1 is 0.641 bits per heavy atom. The van der Waals surface area contributed by atoms with E-state index >= 15 is 0 Å². The van der Waals surface area contributed by atoms with Gasteiger partial charge in [-0.2, -0.15) is 0 Å². The lowest BCUT2D eigenvalue weighted by Crippen LogP contribution is -2.29. The molecule has 2 radical (unpaired) electrons. The van der Waals surface area contributed by atoms with Gasteiger partial charge < -0.3 is 10.2 Å². The maximum atomic E-state index is 10.6. The van der Waals surface area contributed by atoms with E-state index in [-0.39, 0.29) is 5.82 Å². The Labute approximate surface area is 226 Å². The van der Waals surface area contributed by atoms with Crippen LogP contribution in [0.3, 0.4) is 0 Å². The van der Waals surface area contributed by atoms with E-state index in [1.807, 2.05) is 66.7 Å². The average molecular weight is 503 g/mol. The van der Waals surface area contributed by atoms with Gasteiger partial charge in [0.15, 0.2) is 19.4 Å². The van der Waals surface area contributed by atoms with Gasteiger partial charge in [0.1, 0.15) is 0 Å². The Morgan fingerprint density at radius 2 is 1.26 bits per heavy atom. The van der Waals surface area contributed by atoms with Crippen LogP contribution >= 0.6 is 0 Å². The molecule has 0 amide bonds. The second-order valence-corrected chi connectivity index (χ2v) is 9.60. The smallest absolute Gasteiger partial charge is 0.171 e. The molecule has 2 aromatic heterocycles. The fourth-order valence-corrected chi connectivity index (χ4v) is 5.52. The summed E-state index contributed by atoms with van der Waals surface area (Å²) < 4.78 is 1.77. The highest BCUT2D eigenvalue weighted by Crippen LogP contribution is 2.43. The lowest BCUT2D eigenvalue weighted by Gasteiger charge is -2.23. The molecular weight excluding hydrogens is 481 g/mol. The molecule has 5 nitrogen and oxygen atoms in total. The molecular formula is C33H22BN3O2. The van der Waals surface area contributed by atoms with Crippen LogP contribution in [0.4, 0.5) is 0 Å². The molecule has 184 valence electrons. The quantitative estimate of drug-likeness (QED) is 0.167. The molecule has 0 saturated heterocycles. The molecule has 5 aromatic carbocycles. The van der Waals surface area contributed by atoms with Crippen LogP contribution in [-0.4, -0.2) is 32.6 Å². The summed E-state index contributed by atoms with van der Waals surface area (Å²) in [5.74, 6) is -0.0519. The second kappa shape index (κ2) is 8.91. The van der Waals surface area contributed by atoms with Crippen LogP contribution in [0.25, 0.3) is 60.6 Å². The summed E-state index contributed by atoms with van der Waals surface area (Å²) >= 11 is 0. The van der Waals surface area contributed by atoms with Crippen molar-refractivity contribution in [2.24, 2.45) is 0 Å². The molecule has 0 spiro atoms. The lowest BCUT2D eigenvalue weighted by molar-refractivity contribution is -0.0985. The van der Waals surface area contributed by atoms with Crippen molar-refractivity contribution >= 4 is 40.4 Å². The lowest BCUT2D eigenvalue weighted by atomic mass is 9.89. The van der Waals surface area contributed by atoms with E-state index in [1.54, 1.807) is 10.8 Å². The number of imidazole rings is 1. The minimum atomic E-state index is -2.64. The van der Waals surface area contributed by atoms with Gasteiger partial charge in [-0.15, -0.1) is 0 Å². The van der Waals surface area contributed by atoms with E-state index in [1.165, 1.54) is 0 Å². The molecule has 0 aliphatic heterocycles. The maximum absolute atomic E-state index is 10.6. The summed E-state index contributed by atoms with van der Waals surface area (Å²) in [4.78, 5) is 9.08. The van der Waals surface area contributed by atoms with Crippen LogP contribution in [0.15, 0.2) is 121 Å². The molecule has 0 aliphatic rings. The highest BCUT2D eigenvalue weighted by atomic mass is 16.5. The number of fused-ring (bicyclic) bond motifs is 3. The zero-order valence-corrected chi connectivity index (χ0v) is 20.9. The Morgan fingerprint density at radius 3 is 1.92 bits per heavy atom. The van der Waals surface area contributed by atoms with Crippen LogP contribution in [0.2, 0.25) is 0 Å². The fourth-order valence-electron chi connectivity index (χ4n) is 5.52. The maximum Gasteiger partial charge on any atom is 0.171 e. The van der Waals surface area contributed by atoms with Crippen molar-refractivity contribution in [2.45, 2.75) is 5.69 Å². The molecule has 7 aromatic rings. The first kappa shape index (κ1) is 23.3. The number of aliphatic hydroxyl groups is 2. The average Bonchev–Trinajstić information content (AvgIpc) is 3.36. The summed E-state index contributed by atoms with van der Waals surface area (Å²) in [5.41, 5.74) is 3.57. The molecule has 2 heterocycles. The normalized spacial score (nSPS) is 11.9. The Kier molecular flexibility index (Phi) is 5.34. The van der Waals surface area contributed by atoms with Crippen molar-refractivity contribution in [3.8, 4) is 28.1 Å². The Balaban J connectivity index is 1.62. The third kappa shape index (κ3) is 3.81. The molecule has 0 atom stereocenters. The molecule has 0 bridgehead atoms. The van der Waals surface area contributed by atoms with E-state index in [9.17, 15) is 10.2 Å². The standard InChI is InChI=1S/C33H22BN3O2/c34-33(38,39)32-36-28-17-5-6-18-29(28)37(32)31-25-14-3-1-12-23(25)30(24-13-2-4-15-26(24)31)22-11-9-10-21(20-22)27-16-7-8-19-35-27/h1-20,38-39H. The van der Waals surface area contributed by atoms with Crippen molar-refractivity contribution < 1.29 is 10.2 Å². The second-order valence-electron chi connectivity index (χ2n) is 9.60. The topological polar surface area (TPSA) is 71.2 Å². The SMILES string of the molecule is [B]C(O)(O)c1nc2ccccc2n1-c1c2ccccc2c(-c2cccc(-c3ccccn3)c2)c2ccccc12. The summed E-state index contributed by atoms with van der Waals surface area (Å²) in [6.07, 6.45) is 1.80. The number of para-hydroxylation sites is 2. The zero-order chi connectivity index (χ0) is 26.6. The van der Waals surface area contributed by atoms with E-state index in [0.717, 1.165) is 55.1 Å². The Bertz CT molecular complexity index is 1950. The third-order valence-electron chi connectivity index (χ3n) is 7.13. The number of hydrogen-bond donors (Lipinski definition) is 2. The van der Waals surface area contributed by atoms with Crippen molar-refractivity contribution in [1.82, 2.24) is 14.5 Å². The highest BCUT2D eigenvalue weighted by molar-refractivity contribution is 6.19. The third-order valence-corrected chi connectivity index (χ3v) is 7.13. The van der Waals surface area contributed by atoms with Gasteiger partial charge in [-0.3, -0.25) is 9.55 Å². The largest absolute Gasteiger partial charge is 0.368 e. The van der Waals surface area contributed by atoms with Gasteiger partial charge >= 0.3 is 0 Å². The Hall–Kier alpha value is -4.78. The van der Waals surface area contributed by atoms with Crippen LogP contribution in [-0.2, 0) is 5.69 Å². The number of aromatic nitrogens is 3. The van der Waals surface area contributed by atoms with Crippen LogP contribution in [0, 0.1) is 0 Å². The van der Waals surface area contributed by atoms with Gasteiger partial charge in [0.25, 0.3) is 0 Å². The van der Waals surface area contributed by atoms with Crippen LogP contribution < -0.4 is 0 Å². The molecule has 0 fully saturated rings. The molecule has 0 unspecified atom stereocenters. The van der Waals surface area contributed by atoms with E-state index in [4.69, 9.17) is 7.85 Å². The number of nitrogens with zero attached hydrogens (tertiary/aromatic N) is 3. The van der Waals surface area contributed by atoms with Crippen LogP contribution in [0.5, 0.6) is 0 Å². The fraction of sp³-hybridized carbons (Fsp3) is 0.0303. The molecule has 7 rings (SSSR count). The molecule has 2 N–H and O–H groups in total. The number of pyridine rings is 1. The van der Waals surface area contributed by atoms with Gasteiger partial charge in [-0.1, -0.05) is 84.9 Å². The van der Waals surface area contributed by atoms with Gasteiger partial charge in [-0.25, -0.2) is 4.98 Å². The van der Waals surface area contributed by atoms with E-state index in [2.05, 4.69) is 58.5 Å². The summed E-state index contributed by atoms with van der Waals surface area (Å²) in [6.45, 7) is 0. The minimum Gasteiger partial charge on any atom is -0.368 e. The van der Waals surface area contributed by atoms with E-state index < -0.39 is 5.69 Å². The van der Waals surface area contributed by atoms with Crippen molar-refractivity contribution in [2.75, 3.05) is 0 Å². The van der Waals surface area contributed by atoms with Crippen LogP contribution in [0.1, 0.15) is 5.82 Å². The summed E-state index contributed by atoms with van der Waals surface area (Å²) in [5, 5.41) is 25.1. The van der Waals surface area contributed by atoms with Gasteiger partial charge in [0.2, 0.25) is 0 Å². The number of hydrogen-bond acceptors (Lipinski definition) is 4. The first-order chi connectivity index (χ1) is 19.0. The summed E-state index contributed by atoms with van der Waals surface area (Å²) in [6, 6.07) is 38.1. The predicted octanol–water partition coefficient (Wildman–Crippen LogP) is 6.32. The van der Waals surface area contributed by atoms with E-state index in [0.29, 0.717) is 5.52 Å². The van der Waals surface area contributed by atoms with Gasteiger partial charge in [0, 0.05) is 22.5 Å². The van der Waals surface area contributed by atoms with Gasteiger partial charge in [0.05, 0.1) is 22.4 Å². The highest BCUT2D eigenvalue weighted by Gasteiger charge is 2.29. The first-order valence-electron chi connectivity index (χ1n) is 12.7. The molecule has 39 heavy (non-hydrogen) atoms. The number of benzene rings is 5. The number of rotatable bonds is 4. The van der Waals surface area contributed by atoms with Gasteiger partial charge in [-0.05, 0) is 52.2 Å². The molecule has 0 saturated carbocycles. The molecule has 0 aliphatic carbocycles. The van der Waals surface area contributed by atoms with Crippen molar-refractivity contribution in [3.05, 3.63) is 127 Å². The summed E-state index contributed by atoms with van der Waals surface area (Å²) in [7, 11) is 5.86.